The van der Waals surface area contributed by atoms with Crippen molar-refractivity contribution in [1.29, 1.82) is 0 Å². The second-order valence-electron chi connectivity index (χ2n) is 7.77. The minimum absolute atomic E-state index is 0. The summed E-state index contributed by atoms with van der Waals surface area (Å²) in [7, 11) is 1.76. The first-order valence-electron chi connectivity index (χ1n) is 9.74. The molecule has 0 aromatic heterocycles. The van der Waals surface area contributed by atoms with Crippen LogP contribution in [-0.2, 0) is 17.6 Å². The number of amides is 1. The summed E-state index contributed by atoms with van der Waals surface area (Å²) in [5, 5.41) is 9.61. The lowest BCUT2D eigenvalue weighted by molar-refractivity contribution is -0.128. The van der Waals surface area contributed by atoms with E-state index in [-0.39, 0.29) is 35.9 Å². The number of carbonyl (C=O) groups is 1. The van der Waals surface area contributed by atoms with Crippen LogP contribution in [0.1, 0.15) is 63.3 Å². The van der Waals surface area contributed by atoms with Crippen molar-refractivity contribution in [3.8, 4) is 0 Å². The number of rotatable bonds is 6. The number of nitrogens with one attached hydrogen (secondary N) is 3. The predicted octanol–water partition coefficient (Wildman–Crippen LogP) is 3.57. The Balaban J connectivity index is 0.00000364. The van der Waals surface area contributed by atoms with E-state index in [1.807, 2.05) is 20.8 Å². The fraction of sp³-hybridized carbons (Fsp3) is 0.619. The smallest absolute Gasteiger partial charge is 0.227 e. The SMILES string of the molecule is CCNC(=O)C(C)(C)CNC(=NC)NC(C)c1ccc2c(c1)CCCC2.I. The van der Waals surface area contributed by atoms with Crippen LogP contribution in [0.4, 0.5) is 0 Å². The minimum Gasteiger partial charge on any atom is -0.356 e. The molecule has 1 amide bonds. The largest absolute Gasteiger partial charge is 0.356 e. The normalized spacial score (nSPS) is 15.2. The molecule has 0 fully saturated rings. The van der Waals surface area contributed by atoms with Crippen molar-refractivity contribution in [3.05, 3.63) is 34.9 Å². The van der Waals surface area contributed by atoms with Gasteiger partial charge in [-0.15, -0.1) is 24.0 Å². The van der Waals surface area contributed by atoms with Gasteiger partial charge in [-0.05, 0) is 70.1 Å². The van der Waals surface area contributed by atoms with Crippen LogP contribution in [0.2, 0.25) is 0 Å². The highest BCUT2D eigenvalue weighted by atomic mass is 127. The van der Waals surface area contributed by atoms with Crippen molar-refractivity contribution in [3.63, 3.8) is 0 Å². The molecular formula is C21H35IN4O. The Morgan fingerprint density at radius 3 is 2.48 bits per heavy atom. The third-order valence-corrected chi connectivity index (χ3v) is 5.10. The summed E-state index contributed by atoms with van der Waals surface area (Å²) < 4.78 is 0. The molecule has 1 aromatic rings. The summed E-state index contributed by atoms with van der Waals surface area (Å²) in [4.78, 5) is 16.4. The summed E-state index contributed by atoms with van der Waals surface area (Å²) in [5.41, 5.74) is 3.76. The maximum Gasteiger partial charge on any atom is 0.227 e. The van der Waals surface area contributed by atoms with Crippen molar-refractivity contribution < 1.29 is 4.79 Å². The zero-order valence-electron chi connectivity index (χ0n) is 17.3. The van der Waals surface area contributed by atoms with Gasteiger partial charge in [-0.1, -0.05) is 18.2 Å². The van der Waals surface area contributed by atoms with Crippen LogP contribution in [0.25, 0.3) is 0 Å². The molecule has 5 nitrogen and oxygen atoms in total. The van der Waals surface area contributed by atoms with Gasteiger partial charge in [0.15, 0.2) is 5.96 Å². The second-order valence-corrected chi connectivity index (χ2v) is 7.77. The Labute approximate surface area is 181 Å². The first-order valence-corrected chi connectivity index (χ1v) is 9.74. The van der Waals surface area contributed by atoms with Crippen molar-refractivity contribution in [2.24, 2.45) is 10.4 Å². The molecule has 6 heteroatoms. The van der Waals surface area contributed by atoms with Gasteiger partial charge in [-0.2, -0.15) is 0 Å². The molecule has 0 aliphatic heterocycles. The second kappa shape index (κ2) is 10.9. The lowest BCUT2D eigenvalue weighted by Gasteiger charge is -2.26. The number of aryl methyl sites for hydroxylation is 2. The first kappa shape index (κ1) is 23.7. The van der Waals surface area contributed by atoms with Crippen molar-refractivity contribution in [2.75, 3.05) is 20.1 Å². The van der Waals surface area contributed by atoms with Crippen LogP contribution >= 0.6 is 24.0 Å². The van der Waals surface area contributed by atoms with Gasteiger partial charge in [-0.3, -0.25) is 9.79 Å². The van der Waals surface area contributed by atoms with E-state index < -0.39 is 5.41 Å². The maximum atomic E-state index is 12.1. The summed E-state index contributed by atoms with van der Waals surface area (Å²) in [5.74, 6) is 0.762. The Bertz CT molecular complexity index is 658. The third-order valence-electron chi connectivity index (χ3n) is 5.10. The van der Waals surface area contributed by atoms with E-state index in [1.165, 1.54) is 42.4 Å². The lowest BCUT2D eigenvalue weighted by atomic mass is 9.89. The third kappa shape index (κ3) is 6.66. The fourth-order valence-corrected chi connectivity index (χ4v) is 3.29. The molecular weight excluding hydrogens is 451 g/mol. The maximum absolute atomic E-state index is 12.1. The van der Waals surface area contributed by atoms with Gasteiger partial charge in [-0.25, -0.2) is 0 Å². The van der Waals surface area contributed by atoms with Gasteiger partial charge < -0.3 is 16.0 Å². The molecule has 1 unspecified atom stereocenters. The molecule has 0 saturated carbocycles. The lowest BCUT2D eigenvalue weighted by Crippen LogP contribution is -2.48. The van der Waals surface area contributed by atoms with Gasteiger partial charge in [0.2, 0.25) is 5.91 Å². The van der Waals surface area contributed by atoms with E-state index >= 15 is 0 Å². The summed E-state index contributed by atoms with van der Waals surface area (Å²) in [6.45, 7) is 9.12. The molecule has 2 rings (SSSR count). The summed E-state index contributed by atoms with van der Waals surface area (Å²) >= 11 is 0. The Kier molecular flexibility index (Phi) is 9.56. The van der Waals surface area contributed by atoms with E-state index in [0.29, 0.717) is 19.0 Å². The molecule has 0 spiro atoms. The van der Waals surface area contributed by atoms with Crippen LogP contribution < -0.4 is 16.0 Å². The van der Waals surface area contributed by atoms with E-state index in [1.54, 1.807) is 7.05 Å². The molecule has 1 aliphatic rings. The first-order chi connectivity index (χ1) is 12.4. The predicted molar refractivity (Wildman–Crippen MR) is 124 cm³/mol. The van der Waals surface area contributed by atoms with Crippen LogP contribution in [0, 0.1) is 5.41 Å². The van der Waals surface area contributed by atoms with Gasteiger partial charge >= 0.3 is 0 Å². The highest BCUT2D eigenvalue weighted by molar-refractivity contribution is 14.0. The fourth-order valence-electron chi connectivity index (χ4n) is 3.29. The molecule has 1 aliphatic carbocycles. The molecule has 152 valence electrons. The van der Waals surface area contributed by atoms with Crippen molar-refractivity contribution in [1.82, 2.24) is 16.0 Å². The monoisotopic (exact) mass is 486 g/mol. The van der Waals surface area contributed by atoms with Crippen LogP contribution in [0.15, 0.2) is 23.2 Å². The summed E-state index contributed by atoms with van der Waals surface area (Å²) in [6.07, 6.45) is 4.98. The van der Waals surface area contributed by atoms with Gasteiger partial charge in [0.1, 0.15) is 0 Å². The van der Waals surface area contributed by atoms with Gasteiger partial charge in [0.05, 0.1) is 11.5 Å². The number of carbonyl (C=O) groups excluding carboxylic acids is 1. The molecule has 0 bridgehead atoms. The van der Waals surface area contributed by atoms with Gasteiger partial charge in [0, 0.05) is 20.1 Å². The average molecular weight is 486 g/mol. The molecule has 3 N–H and O–H groups in total. The van der Waals surface area contributed by atoms with Crippen LogP contribution in [-0.4, -0.2) is 32.0 Å². The Hall–Kier alpha value is -1.31. The highest BCUT2D eigenvalue weighted by Crippen LogP contribution is 2.24. The number of fused-ring (bicyclic) bond motifs is 1. The number of hydrogen-bond acceptors (Lipinski definition) is 2. The molecule has 1 atom stereocenters. The molecule has 0 heterocycles. The van der Waals surface area contributed by atoms with Crippen molar-refractivity contribution in [2.45, 2.75) is 59.4 Å². The minimum atomic E-state index is -0.497. The standard InChI is InChI=1S/C21H34N4O.HI/c1-6-23-19(26)21(3,4)14-24-20(22-5)25-15(2)17-12-11-16-9-7-8-10-18(16)13-17;/h11-13,15H,6-10,14H2,1-5H3,(H,23,26)(H2,22,24,25);1H. The number of nitrogens with zero attached hydrogens (tertiary/aromatic N) is 1. The topological polar surface area (TPSA) is 65.5 Å². The molecule has 1 aromatic carbocycles. The number of benzene rings is 1. The number of halogens is 1. The molecule has 0 radical (unpaired) electrons. The van der Waals surface area contributed by atoms with Crippen LogP contribution in [0.5, 0.6) is 0 Å². The summed E-state index contributed by atoms with van der Waals surface area (Å²) in [6, 6.07) is 6.98. The van der Waals surface area contributed by atoms with E-state index in [0.717, 1.165) is 0 Å². The van der Waals surface area contributed by atoms with Crippen LogP contribution in [0.3, 0.4) is 0 Å². The number of hydrogen-bond donors (Lipinski definition) is 3. The zero-order valence-corrected chi connectivity index (χ0v) is 19.6. The average Bonchev–Trinajstić information content (AvgIpc) is 2.64. The Morgan fingerprint density at radius 1 is 1.19 bits per heavy atom. The van der Waals surface area contributed by atoms with E-state index in [9.17, 15) is 4.79 Å². The highest BCUT2D eigenvalue weighted by Gasteiger charge is 2.27. The van der Waals surface area contributed by atoms with E-state index in [2.05, 4.69) is 46.1 Å². The number of guanidine groups is 1. The van der Waals surface area contributed by atoms with Crippen molar-refractivity contribution >= 4 is 35.8 Å². The quantitative estimate of drug-likeness (QED) is 0.327. The molecule has 27 heavy (non-hydrogen) atoms. The zero-order chi connectivity index (χ0) is 19.2. The molecule has 0 saturated heterocycles. The Morgan fingerprint density at radius 2 is 1.85 bits per heavy atom. The number of aliphatic imine (C=N–C) groups is 1. The van der Waals surface area contributed by atoms with Gasteiger partial charge in [0.25, 0.3) is 0 Å². The van der Waals surface area contributed by atoms with E-state index in [4.69, 9.17) is 0 Å².